The molecule has 15 heavy (non-hydrogen) atoms. The van der Waals surface area contributed by atoms with Gasteiger partial charge < -0.3 is 15.4 Å². The minimum absolute atomic E-state index is 0.0606. The Morgan fingerprint density at radius 1 is 0.933 bits per heavy atom. The van der Waals surface area contributed by atoms with E-state index >= 15 is 0 Å². The lowest BCUT2D eigenvalue weighted by Gasteiger charge is -2.09. The molecule has 5 nitrogen and oxygen atoms in total. The molecule has 0 rings (SSSR count). The summed E-state index contributed by atoms with van der Waals surface area (Å²) in [4.78, 5) is 22.1. The standard InChI is InChI=1S/C10H20N2O3/c1-7(2)11-5-9(13)15-10(14)6-12-8(3)4/h7-8,11-12H,5-6H2,1-4H3. The molecular weight excluding hydrogens is 196 g/mol. The van der Waals surface area contributed by atoms with Crippen LogP contribution >= 0.6 is 0 Å². The third-order valence-electron chi connectivity index (χ3n) is 1.54. The second-order valence-corrected chi connectivity index (χ2v) is 3.92. The van der Waals surface area contributed by atoms with E-state index in [1.807, 2.05) is 27.7 Å². The van der Waals surface area contributed by atoms with Gasteiger partial charge in [-0.1, -0.05) is 27.7 Å². The van der Waals surface area contributed by atoms with Crippen molar-refractivity contribution in [1.82, 2.24) is 10.6 Å². The molecule has 0 aliphatic carbocycles. The van der Waals surface area contributed by atoms with Crippen molar-refractivity contribution in [3.63, 3.8) is 0 Å². The second-order valence-electron chi connectivity index (χ2n) is 3.92. The SMILES string of the molecule is CC(C)NCC(=O)OC(=O)CNC(C)C. The van der Waals surface area contributed by atoms with Crippen LogP contribution in [-0.4, -0.2) is 37.1 Å². The van der Waals surface area contributed by atoms with E-state index in [4.69, 9.17) is 0 Å². The van der Waals surface area contributed by atoms with Crippen LogP contribution in [0.4, 0.5) is 0 Å². The number of carbonyl (C=O) groups excluding carboxylic acids is 2. The smallest absolute Gasteiger partial charge is 0.327 e. The summed E-state index contributed by atoms with van der Waals surface area (Å²) in [6, 6.07) is 0.392. The molecular formula is C10H20N2O3. The summed E-state index contributed by atoms with van der Waals surface area (Å²) in [6.07, 6.45) is 0. The number of ether oxygens (including phenoxy) is 1. The maximum absolute atomic E-state index is 11.1. The summed E-state index contributed by atoms with van der Waals surface area (Å²) in [5.74, 6) is -1.08. The summed E-state index contributed by atoms with van der Waals surface area (Å²) < 4.78 is 4.55. The molecule has 0 aromatic heterocycles. The molecule has 0 bridgehead atoms. The second kappa shape index (κ2) is 7.36. The first-order chi connectivity index (χ1) is 6.91. The Morgan fingerprint density at radius 3 is 1.53 bits per heavy atom. The van der Waals surface area contributed by atoms with Crippen molar-refractivity contribution in [2.45, 2.75) is 39.8 Å². The Balaban J connectivity index is 3.63. The first kappa shape index (κ1) is 14.1. The number of carbonyl (C=O) groups is 2. The molecule has 0 unspecified atom stereocenters. The summed E-state index contributed by atoms with van der Waals surface area (Å²) in [5, 5.41) is 5.74. The van der Waals surface area contributed by atoms with Gasteiger partial charge in [0.2, 0.25) is 0 Å². The molecule has 0 radical (unpaired) electrons. The molecule has 0 saturated heterocycles. The van der Waals surface area contributed by atoms with Crippen LogP contribution in [0.25, 0.3) is 0 Å². The van der Waals surface area contributed by atoms with Gasteiger partial charge in [0, 0.05) is 12.1 Å². The Kier molecular flexibility index (Phi) is 6.90. The third kappa shape index (κ3) is 9.37. The average Bonchev–Trinajstić information content (AvgIpc) is 2.11. The molecule has 0 fully saturated rings. The first-order valence-electron chi connectivity index (χ1n) is 5.12. The monoisotopic (exact) mass is 216 g/mol. The van der Waals surface area contributed by atoms with Crippen LogP contribution in [0.3, 0.4) is 0 Å². The van der Waals surface area contributed by atoms with Gasteiger partial charge in [-0.05, 0) is 0 Å². The van der Waals surface area contributed by atoms with Crippen LogP contribution in [-0.2, 0) is 14.3 Å². The van der Waals surface area contributed by atoms with E-state index in [2.05, 4.69) is 15.4 Å². The van der Waals surface area contributed by atoms with Crippen molar-refractivity contribution in [2.24, 2.45) is 0 Å². The Hall–Kier alpha value is -0.940. The van der Waals surface area contributed by atoms with Crippen molar-refractivity contribution >= 4 is 11.9 Å². The first-order valence-corrected chi connectivity index (χ1v) is 5.12. The van der Waals surface area contributed by atoms with Crippen LogP contribution in [0.1, 0.15) is 27.7 Å². The predicted molar refractivity (Wildman–Crippen MR) is 57.4 cm³/mol. The minimum Gasteiger partial charge on any atom is -0.391 e. The van der Waals surface area contributed by atoms with Crippen LogP contribution in [0.15, 0.2) is 0 Å². The molecule has 0 atom stereocenters. The van der Waals surface area contributed by atoms with E-state index in [-0.39, 0.29) is 25.2 Å². The van der Waals surface area contributed by atoms with Gasteiger partial charge in [0.1, 0.15) is 0 Å². The topological polar surface area (TPSA) is 67.4 Å². The molecule has 2 N–H and O–H groups in total. The minimum atomic E-state index is -0.542. The lowest BCUT2D eigenvalue weighted by atomic mass is 10.4. The number of hydrogen-bond acceptors (Lipinski definition) is 5. The van der Waals surface area contributed by atoms with Crippen LogP contribution in [0.2, 0.25) is 0 Å². The summed E-state index contributed by atoms with van der Waals surface area (Å²) >= 11 is 0. The molecule has 0 saturated carbocycles. The molecule has 0 heterocycles. The van der Waals surface area contributed by atoms with Crippen molar-refractivity contribution in [1.29, 1.82) is 0 Å². The maximum atomic E-state index is 11.1. The van der Waals surface area contributed by atoms with Gasteiger partial charge in [-0.2, -0.15) is 0 Å². The average molecular weight is 216 g/mol. The van der Waals surface area contributed by atoms with E-state index in [9.17, 15) is 9.59 Å². The number of hydrogen-bond donors (Lipinski definition) is 2. The highest BCUT2D eigenvalue weighted by Crippen LogP contribution is 1.83. The van der Waals surface area contributed by atoms with Crippen molar-refractivity contribution in [3.05, 3.63) is 0 Å². The highest BCUT2D eigenvalue weighted by Gasteiger charge is 2.10. The van der Waals surface area contributed by atoms with Crippen LogP contribution in [0.5, 0.6) is 0 Å². The lowest BCUT2D eigenvalue weighted by Crippen LogP contribution is -2.35. The van der Waals surface area contributed by atoms with E-state index < -0.39 is 11.9 Å². The number of rotatable bonds is 6. The molecule has 0 aromatic carbocycles. The van der Waals surface area contributed by atoms with Gasteiger partial charge in [0.25, 0.3) is 0 Å². The zero-order valence-corrected chi connectivity index (χ0v) is 9.79. The highest BCUT2D eigenvalue weighted by atomic mass is 16.6. The van der Waals surface area contributed by atoms with Crippen LogP contribution < -0.4 is 10.6 Å². The van der Waals surface area contributed by atoms with Crippen molar-refractivity contribution in [2.75, 3.05) is 13.1 Å². The van der Waals surface area contributed by atoms with Gasteiger partial charge in [-0.3, -0.25) is 9.59 Å². The fourth-order valence-corrected chi connectivity index (χ4v) is 0.774. The molecule has 0 amide bonds. The Labute approximate surface area is 90.6 Å². The quantitative estimate of drug-likeness (QED) is 0.485. The van der Waals surface area contributed by atoms with Gasteiger partial charge >= 0.3 is 11.9 Å². The largest absolute Gasteiger partial charge is 0.391 e. The fourth-order valence-electron chi connectivity index (χ4n) is 0.774. The molecule has 0 spiro atoms. The Bertz CT molecular complexity index is 193. The zero-order valence-electron chi connectivity index (χ0n) is 9.79. The van der Waals surface area contributed by atoms with E-state index in [0.29, 0.717) is 0 Å². The van der Waals surface area contributed by atoms with E-state index in [0.717, 1.165) is 0 Å². The fraction of sp³-hybridized carbons (Fsp3) is 0.800. The van der Waals surface area contributed by atoms with Gasteiger partial charge in [-0.15, -0.1) is 0 Å². The summed E-state index contributed by atoms with van der Waals surface area (Å²) in [6.45, 7) is 7.77. The van der Waals surface area contributed by atoms with E-state index in [1.54, 1.807) is 0 Å². The maximum Gasteiger partial charge on any atom is 0.327 e. The van der Waals surface area contributed by atoms with Crippen LogP contribution in [0, 0.1) is 0 Å². The van der Waals surface area contributed by atoms with Gasteiger partial charge in [0.05, 0.1) is 13.1 Å². The molecule has 0 aromatic rings. The molecule has 0 aliphatic heterocycles. The number of nitrogens with one attached hydrogen (secondary N) is 2. The van der Waals surface area contributed by atoms with E-state index in [1.165, 1.54) is 0 Å². The molecule has 88 valence electrons. The van der Waals surface area contributed by atoms with Crippen molar-refractivity contribution in [3.8, 4) is 0 Å². The normalized spacial score (nSPS) is 10.8. The number of esters is 2. The van der Waals surface area contributed by atoms with Crippen molar-refractivity contribution < 1.29 is 14.3 Å². The third-order valence-corrected chi connectivity index (χ3v) is 1.54. The lowest BCUT2D eigenvalue weighted by molar-refractivity contribution is -0.158. The summed E-state index contributed by atoms with van der Waals surface area (Å²) in [7, 11) is 0. The van der Waals surface area contributed by atoms with Gasteiger partial charge in [-0.25, -0.2) is 0 Å². The predicted octanol–water partition coefficient (Wildman–Crippen LogP) is 0.0522. The Morgan fingerprint density at radius 2 is 1.27 bits per heavy atom. The molecule has 5 heteroatoms. The highest BCUT2D eigenvalue weighted by molar-refractivity contribution is 5.87. The molecule has 0 aliphatic rings. The summed E-state index contributed by atoms with van der Waals surface area (Å²) in [5.41, 5.74) is 0. The van der Waals surface area contributed by atoms with Gasteiger partial charge in [0.15, 0.2) is 0 Å². The zero-order chi connectivity index (χ0) is 11.8.